The maximum atomic E-state index is 9.52. The van der Waals surface area contributed by atoms with Crippen molar-refractivity contribution in [2.24, 2.45) is 0 Å². The number of hydrogen-bond donors (Lipinski definition) is 2. The molecule has 0 aliphatic rings. The molecule has 1 unspecified atom stereocenters. The highest BCUT2D eigenvalue weighted by atomic mass is 16.3. The number of aliphatic hydroxyl groups is 1. The number of rotatable bonds is 11. The minimum Gasteiger partial charge on any atom is -0.394 e. The molecule has 4 nitrogen and oxygen atoms in total. The topological polar surface area (TPSA) is 38.7 Å². The molecule has 0 aromatic carbocycles. The molecule has 0 saturated heterocycles. The second kappa shape index (κ2) is 9.70. The highest BCUT2D eigenvalue weighted by molar-refractivity contribution is 4.84. The van der Waals surface area contributed by atoms with E-state index in [0.29, 0.717) is 6.04 Å². The Hall–Kier alpha value is -0.160. The van der Waals surface area contributed by atoms with Crippen molar-refractivity contribution in [1.29, 1.82) is 0 Å². The summed E-state index contributed by atoms with van der Waals surface area (Å²) in [4.78, 5) is 4.61. The van der Waals surface area contributed by atoms with Crippen LogP contribution in [0.2, 0.25) is 0 Å². The molecule has 1 atom stereocenters. The largest absolute Gasteiger partial charge is 0.394 e. The zero-order chi connectivity index (χ0) is 14.9. The molecule has 0 aliphatic heterocycles. The molecule has 0 heterocycles. The van der Waals surface area contributed by atoms with E-state index in [1.165, 1.54) is 6.42 Å². The lowest BCUT2D eigenvalue weighted by molar-refractivity contribution is 0.150. The first-order valence-corrected chi connectivity index (χ1v) is 7.51. The molecule has 116 valence electrons. The van der Waals surface area contributed by atoms with Crippen LogP contribution in [0.5, 0.6) is 0 Å². The number of aliphatic hydroxyl groups excluding tert-OH is 1. The van der Waals surface area contributed by atoms with Crippen molar-refractivity contribution < 1.29 is 5.11 Å². The second-order valence-electron chi connectivity index (χ2n) is 6.58. The van der Waals surface area contributed by atoms with Crippen LogP contribution >= 0.6 is 0 Å². The van der Waals surface area contributed by atoms with E-state index in [1.54, 1.807) is 0 Å². The van der Waals surface area contributed by atoms with Gasteiger partial charge in [-0.3, -0.25) is 0 Å². The molecular weight excluding hydrogens is 238 g/mol. The van der Waals surface area contributed by atoms with Crippen molar-refractivity contribution in [3.05, 3.63) is 0 Å². The Bertz CT molecular complexity index is 221. The van der Waals surface area contributed by atoms with E-state index >= 15 is 0 Å². The summed E-state index contributed by atoms with van der Waals surface area (Å²) in [5.74, 6) is 0. The third-order valence-electron chi connectivity index (χ3n) is 3.40. The lowest BCUT2D eigenvalue weighted by atomic mass is 9.95. The van der Waals surface area contributed by atoms with E-state index in [9.17, 15) is 5.11 Å². The second-order valence-corrected chi connectivity index (χ2v) is 6.58. The molecule has 0 radical (unpaired) electrons. The average molecular weight is 273 g/mol. The average Bonchev–Trinajstić information content (AvgIpc) is 2.27. The number of nitrogens with zero attached hydrogens (tertiary/aromatic N) is 2. The summed E-state index contributed by atoms with van der Waals surface area (Å²) in [6.45, 7) is 9.96. The maximum Gasteiger partial charge on any atom is 0.0610 e. The van der Waals surface area contributed by atoms with Crippen LogP contribution in [0.25, 0.3) is 0 Å². The van der Waals surface area contributed by atoms with Gasteiger partial charge in [-0.1, -0.05) is 13.8 Å². The lowest BCUT2D eigenvalue weighted by Crippen LogP contribution is -2.49. The Balaban J connectivity index is 3.80. The summed E-state index contributed by atoms with van der Waals surface area (Å²) in [5.41, 5.74) is -0.140. The van der Waals surface area contributed by atoms with Crippen molar-refractivity contribution in [1.82, 2.24) is 15.1 Å². The zero-order valence-corrected chi connectivity index (χ0v) is 13.9. The predicted molar refractivity (Wildman–Crippen MR) is 83.7 cm³/mol. The third kappa shape index (κ3) is 10.3. The molecule has 0 aromatic rings. The molecule has 0 fully saturated rings. The van der Waals surface area contributed by atoms with Crippen LogP contribution in [-0.2, 0) is 0 Å². The predicted octanol–water partition coefficient (Wildman–Crippen LogP) is 1.40. The van der Waals surface area contributed by atoms with Gasteiger partial charge in [-0.25, -0.2) is 0 Å². The van der Waals surface area contributed by atoms with Gasteiger partial charge in [-0.15, -0.1) is 0 Å². The summed E-state index contributed by atoms with van der Waals surface area (Å²) in [6, 6.07) is 0.412. The van der Waals surface area contributed by atoms with Gasteiger partial charge in [0.15, 0.2) is 0 Å². The Kier molecular flexibility index (Phi) is 9.62. The summed E-state index contributed by atoms with van der Waals surface area (Å²) < 4.78 is 0. The normalized spacial score (nSPS) is 15.5. The van der Waals surface area contributed by atoms with Crippen LogP contribution in [-0.4, -0.2) is 73.9 Å². The molecule has 4 heteroatoms. The van der Waals surface area contributed by atoms with E-state index < -0.39 is 0 Å². The maximum absolute atomic E-state index is 9.52. The van der Waals surface area contributed by atoms with Crippen LogP contribution in [0.1, 0.15) is 40.0 Å². The van der Waals surface area contributed by atoms with Crippen molar-refractivity contribution in [3.63, 3.8) is 0 Å². The van der Waals surface area contributed by atoms with Gasteiger partial charge in [-0.2, -0.15) is 0 Å². The molecule has 0 spiro atoms. The van der Waals surface area contributed by atoms with Gasteiger partial charge in [0.2, 0.25) is 0 Å². The van der Waals surface area contributed by atoms with Crippen LogP contribution in [0, 0.1) is 0 Å². The molecule has 2 N–H and O–H groups in total. The summed E-state index contributed by atoms with van der Waals surface area (Å²) in [6.07, 6.45) is 3.35. The van der Waals surface area contributed by atoms with Crippen LogP contribution in [0.3, 0.4) is 0 Å². The standard InChI is InChI=1S/C15H35N3O/c1-14(2)16-15(3,13-19)9-7-11-18(6)12-8-10-17(4)5/h14,16,19H,7-13H2,1-6H3. The summed E-state index contributed by atoms with van der Waals surface area (Å²) in [7, 11) is 6.41. The summed E-state index contributed by atoms with van der Waals surface area (Å²) >= 11 is 0. The minimum absolute atomic E-state index is 0.140. The van der Waals surface area contributed by atoms with Crippen LogP contribution in [0.4, 0.5) is 0 Å². The zero-order valence-electron chi connectivity index (χ0n) is 13.9. The number of hydrogen-bond acceptors (Lipinski definition) is 4. The van der Waals surface area contributed by atoms with Crippen molar-refractivity contribution in [2.45, 2.75) is 51.6 Å². The Morgan fingerprint density at radius 3 is 2.11 bits per heavy atom. The number of nitrogens with one attached hydrogen (secondary N) is 1. The molecule has 0 amide bonds. The lowest BCUT2D eigenvalue weighted by Gasteiger charge is -2.32. The third-order valence-corrected chi connectivity index (χ3v) is 3.40. The Morgan fingerprint density at radius 2 is 1.63 bits per heavy atom. The van der Waals surface area contributed by atoms with Gasteiger partial charge < -0.3 is 20.2 Å². The first-order chi connectivity index (χ1) is 8.79. The van der Waals surface area contributed by atoms with Gasteiger partial charge in [0.05, 0.1) is 6.61 Å². The van der Waals surface area contributed by atoms with Crippen LogP contribution < -0.4 is 5.32 Å². The fraction of sp³-hybridized carbons (Fsp3) is 1.00. The Labute approximate surface area is 120 Å². The van der Waals surface area contributed by atoms with Crippen molar-refractivity contribution >= 4 is 0 Å². The highest BCUT2D eigenvalue weighted by Crippen LogP contribution is 2.13. The first kappa shape index (κ1) is 18.8. The summed E-state index contributed by atoms with van der Waals surface area (Å²) in [5, 5.41) is 13.0. The fourth-order valence-electron chi connectivity index (χ4n) is 2.40. The first-order valence-electron chi connectivity index (χ1n) is 7.51. The molecule has 19 heavy (non-hydrogen) atoms. The fourth-order valence-corrected chi connectivity index (χ4v) is 2.40. The van der Waals surface area contributed by atoms with Crippen molar-refractivity contribution in [3.8, 4) is 0 Å². The van der Waals surface area contributed by atoms with Gasteiger partial charge in [0.25, 0.3) is 0 Å². The SMILES string of the molecule is CC(C)NC(C)(CO)CCCN(C)CCCN(C)C. The van der Waals surface area contributed by atoms with E-state index in [-0.39, 0.29) is 12.1 Å². The molecule has 0 aromatic heterocycles. The monoisotopic (exact) mass is 273 g/mol. The van der Waals surface area contributed by atoms with Crippen LogP contribution in [0.15, 0.2) is 0 Å². The molecule has 0 rings (SSSR count). The van der Waals surface area contributed by atoms with Crippen molar-refractivity contribution in [2.75, 3.05) is 47.4 Å². The van der Waals surface area contributed by atoms with Gasteiger partial charge in [0.1, 0.15) is 0 Å². The molecule has 0 aliphatic carbocycles. The quantitative estimate of drug-likeness (QED) is 0.597. The van der Waals surface area contributed by atoms with E-state index in [2.05, 4.69) is 57.0 Å². The highest BCUT2D eigenvalue weighted by Gasteiger charge is 2.23. The molecule has 0 bridgehead atoms. The van der Waals surface area contributed by atoms with Gasteiger partial charge >= 0.3 is 0 Å². The molecule has 0 saturated carbocycles. The minimum atomic E-state index is -0.140. The van der Waals surface area contributed by atoms with Gasteiger partial charge in [0, 0.05) is 11.6 Å². The molecular formula is C15H35N3O. The van der Waals surface area contributed by atoms with Gasteiger partial charge in [-0.05, 0) is 67.0 Å². The van der Waals surface area contributed by atoms with E-state index in [0.717, 1.165) is 32.5 Å². The smallest absolute Gasteiger partial charge is 0.0610 e. The Morgan fingerprint density at radius 1 is 1.05 bits per heavy atom. The van der Waals surface area contributed by atoms with E-state index in [1.807, 2.05) is 0 Å². The van der Waals surface area contributed by atoms with E-state index in [4.69, 9.17) is 0 Å².